The molecule has 2 rings (SSSR count). The van der Waals surface area contributed by atoms with Gasteiger partial charge < -0.3 is 9.88 Å². The van der Waals surface area contributed by atoms with Crippen molar-refractivity contribution in [3.05, 3.63) is 18.7 Å². The number of hydrogen-bond acceptors (Lipinski definition) is 3. The molecular weight excluding hydrogens is 248 g/mol. The number of aromatic nitrogens is 2. The predicted molar refractivity (Wildman–Crippen MR) is 83.7 cm³/mol. The third kappa shape index (κ3) is 4.91. The quantitative estimate of drug-likeness (QED) is 0.867. The summed E-state index contributed by atoms with van der Waals surface area (Å²) in [4.78, 5) is 6.77. The Balaban J connectivity index is 1.80. The van der Waals surface area contributed by atoms with Crippen molar-refractivity contribution >= 4 is 0 Å². The van der Waals surface area contributed by atoms with Gasteiger partial charge in [-0.2, -0.15) is 0 Å². The lowest BCUT2D eigenvalue weighted by atomic mass is 10.0. The highest BCUT2D eigenvalue weighted by Gasteiger charge is 2.22. The van der Waals surface area contributed by atoms with Crippen molar-refractivity contribution in [3.8, 4) is 0 Å². The molecule has 0 saturated carbocycles. The molecule has 20 heavy (non-hydrogen) atoms. The second kappa shape index (κ2) is 7.79. The van der Waals surface area contributed by atoms with E-state index in [2.05, 4.69) is 46.7 Å². The molecule has 4 heteroatoms. The first-order valence-corrected chi connectivity index (χ1v) is 8.08. The lowest BCUT2D eigenvalue weighted by Gasteiger charge is -2.29. The highest BCUT2D eigenvalue weighted by Crippen LogP contribution is 2.14. The average Bonchev–Trinajstić information content (AvgIpc) is 2.83. The van der Waals surface area contributed by atoms with E-state index in [9.17, 15) is 0 Å². The summed E-state index contributed by atoms with van der Waals surface area (Å²) in [5.41, 5.74) is 0. The Morgan fingerprint density at radius 1 is 1.35 bits per heavy atom. The Labute approximate surface area is 123 Å². The number of aryl methyl sites for hydroxylation is 1. The lowest BCUT2D eigenvalue weighted by Crippen LogP contribution is -2.41. The summed E-state index contributed by atoms with van der Waals surface area (Å²) in [7, 11) is 0. The number of nitrogens with one attached hydrogen (secondary N) is 1. The first-order chi connectivity index (χ1) is 9.65. The molecule has 1 N–H and O–H groups in total. The van der Waals surface area contributed by atoms with Crippen molar-refractivity contribution in [1.82, 2.24) is 19.8 Å². The summed E-state index contributed by atoms with van der Waals surface area (Å²) in [6.07, 6.45) is 9.57. The highest BCUT2D eigenvalue weighted by atomic mass is 15.2. The van der Waals surface area contributed by atoms with E-state index in [4.69, 9.17) is 0 Å². The summed E-state index contributed by atoms with van der Waals surface area (Å²) in [6.45, 7) is 11.6. The van der Waals surface area contributed by atoms with Gasteiger partial charge in [0.25, 0.3) is 0 Å². The maximum absolute atomic E-state index is 4.10. The average molecular weight is 278 g/mol. The Bertz CT molecular complexity index is 361. The van der Waals surface area contributed by atoms with E-state index in [0.29, 0.717) is 12.1 Å². The molecule has 114 valence electrons. The van der Waals surface area contributed by atoms with Crippen LogP contribution in [0.5, 0.6) is 0 Å². The molecule has 1 aliphatic rings. The van der Waals surface area contributed by atoms with Crippen molar-refractivity contribution in [2.45, 2.75) is 58.7 Å². The second-order valence-electron chi connectivity index (χ2n) is 6.57. The van der Waals surface area contributed by atoms with E-state index < -0.39 is 0 Å². The summed E-state index contributed by atoms with van der Waals surface area (Å²) in [5.74, 6) is 0.772. The predicted octanol–water partition coefficient (Wildman–Crippen LogP) is 2.37. The molecule has 1 aromatic heterocycles. The van der Waals surface area contributed by atoms with E-state index in [1.807, 2.05) is 12.5 Å². The van der Waals surface area contributed by atoms with Crippen LogP contribution in [0.3, 0.4) is 0 Å². The number of hydrogen-bond donors (Lipinski definition) is 1. The fraction of sp³-hybridized carbons (Fsp3) is 0.812. The van der Waals surface area contributed by atoms with Crippen LogP contribution in [-0.4, -0.2) is 46.2 Å². The summed E-state index contributed by atoms with van der Waals surface area (Å²) in [5, 5.41) is 3.72. The number of imidazole rings is 1. The van der Waals surface area contributed by atoms with Crippen molar-refractivity contribution in [1.29, 1.82) is 0 Å². The lowest BCUT2D eigenvalue weighted by molar-refractivity contribution is 0.193. The first kappa shape index (κ1) is 15.5. The van der Waals surface area contributed by atoms with Crippen molar-refractivity contribution in [3.63, 3.8) is 0 Å². The largest absolute Gasteiger partial charge is 0.337 e. The van der Waals surface area contributed by atoms with Gasteiger partial charge in [-0.15, -0.1) is 0 Å². The number of nitrogens with zero attached hydrogens (tertiary/aromatic N) is 3. The third-order valence-corrected chi connectivity index (χ3v) is 4.25. The van der Waals surface area contributed by atoms with Crippen molar-refractivity contribution in [2.75, 3.05) is 19.6 Å². The minimum absolute atomic E-state index is 0.660. The third-order valence-electron chi connectivity index (χ3n) is 4.25. The van der Waals surface area contributed by atoms with Gasteiger partial charge in [-0.3, -0.25) is 4.90 Å². The molecular formula is C16H30N4. The summed E-state index contributed by atoms with van der Waals surface area (Å²) < 4.78 is 2.17. The molecule has 2 unspecified atom stereocenters. The second-order valence-corrected chi connectivity index (χ2v) is 6.57. The number of rotatable bonds is 6. The standard InChI is InChI=1S/C16H30N4/c1-14(2)11-16-12-20(15(3)5-6-18-16)9-4-8-19-10-7-17-13-19/h7,10,13-16,18H,4-6,8-9,11-12H2,1-3H3. The van der Waals surface area contributed by atoms with Crippen LogP contribution in [0.2, 0.25) is 0 Å². The van der Waals surface area contributed by atoms with Crippen LogP contribution in [0.1, 0.15) is 40.0 Å². The van der Waals surface area contributed by atoms with E-state index >= 15 is 0 Å². The van der Waals surface area contributed by atoms with E-state index in [0.717, 1.165) is 19.0 Å². The van der Waals surface area contributed by atoms with Gasteiger partial charge in [-0.25, -0.2) is 4.98 Å². The molecule has 1 aromatic rings. The topological polar surface area (TPSA) is 33.1 Å². The van der Waals surface area contributed by atoms with Crippen LogP contribution in [0.25, 0.3) is 0 Å². The van der Waals surface area contributed by atoms with E-state index in [-0.39, 0.29) is 0 Å². The zero-order chi connectivity index (χ0) is 14.4. The Morgan fingerprint density at radius 2 is 2.20 bits per heavy atom. The molecule has 1 aliphatic heterocycles. The van der Waals surface area contributed by atoms with Gasteiger partial charge >= 0.3 is 0 Å². The van der Waals surface area contributed by atoms with Crippen LogP contribution in [0, 0.1) is 5.92 Å². The fourth-order valence-corrected chi connectivity index (χ4v) is 3.12. The molecule has 0 amide bonds. The highest BCUT2D eigenvalue weighted by molar-refractivity contribution is 4.82. The maximum Gasteiger partial charge on any atom is 0.0945 e. The van der Waals surface area contributed by atoms with Gasteiger partial charge in [0.05, 0.1) is 6.33 Å². The molecule has 0 radical (unpaired) electrons. The molecule has 4 nitrogen and oxygen atoms in total. The van der Waals surface area contributed by atoms with Crippen molar-refractivity contribution < 1.29 is 0 Å². The summed E-state index contributed by atoms with van der Waals surface area (Å²) in [6, 6.07) is 1.36. The van der Waals surface area contributed by atoms with Crippen LogP contribution in [0.15, 0.2) is 18.7 Å². The Kier molecular flexibility index (Phi) is 6.05. The molecule has 0 aromatic carbocycles. The van der Waals surface area contributed by atoms with Gasteiger partial charge in [-0.1, -0.05) is 13.8 Å². The minimum atomic E-state index is 0.660. The SMILES string of the molecule is CC(C)CC1CN(CCCn2ccnc2)C(C)CCN1. The zero-order valence-corrected chi connectivity index (χ0v) is 13.3. The van der Waals surface area contributed by atoms with Crippen LogP contribution < -0.4 is 5.32 Å². The van der Waals surface area contributed by atoms with Crippen LogP contribution in [-0.2, 0) is 6.54 Å². The first-order valence-electron chi connectivity index (χ1n) is 8.08. The monoisotopic (exact) mass is 278 g/mol. The Hall–Kier alpha value is -0.870. The van der Waals surface area contributed by atoms with Gasteiger partial charge in [-0.05, 0) is 38.6 Å². The van der Waals surface area contributed by atoms with E-state index in [1.165, 1.54) is 32.4 Å². The molecule has 2 heterocycles. The molecule has 1 saturated heterocycles. The summed E-state index contributed by atoms with van der Waals surface area (Å²) >= 11 is 0. The Morgan fingerprint density at radius 3 is 2.90 bits per heavy atom. The minimum Gasteiger partial charge on any atom is -0.337 e. The molecule has 2 atom stereocenters. The van der Waals surface area contributed by atoms with Gasteiger partial charge in [0.1, 0.15) is 0 Å². The maximum atomic E-state index is 4.10. The molecule has 0 bridgehead atoms. The normalized spacial score (nSPS) is 25.0. The van der Waals surface area contributed by atoms with Crippen molar-refractivity contribution in [2.24, 2.45) is 5.92 Å². The fourth-order valence-electron chi connectivity index (χ4n) is 3.12. The smallest absolute Gasteiger partial charge is 0.0945 e. The molecule has 1 fully saturated rings. The van der Waals surface area contributed by atoms with Gasteiger partial charge in [0.15, 0.2) is 0 Å². The molecule has 0 spiro atoms. The van der Waals surface area contributed by atoms with Gasteiger partial charge in [0, 0.05) is 44.1 Å². The van der Waals surface area contributed by atoms with Gasteiger partial charge in [0.2, 0.25) is 0 Å². The molecule has 0 aliphatic carbocycles. The van der Waals surface area contributed by atoms with Crippen LogP contribution >= 0.6 is 0 Å². The van der Waals surface area contributed by atoms with Crippen LogP contribution in [0.4, 0.5) is 0 Å². The zero-order valence-electron chi connectivity index (χ0n) is 13.3. The van der Waals surface area contributed by atoms with E-state index in [1.54, 1.807) is 0 Å².